The Morgan fingerprint density at radius 2 is 2.00 bits per heavy atom. The van der Waals surface area contributed by atoms with Crippen LogP contribution in [0.25, 0.3) is 0 Å². The quantitative estimate of drug-likeness (QED) is 0.628. The van der Waals surface area contributed by atoms with E-state index in [1.54, 1.807) is 6.07 Å². The molecule has 0 spiro atoms. The van der Waals surface area contributed by atoms with Crippen LogP contribution >= 0.6 is 34.9 Å². The van der Waals surface area contributed by atoms with Crippen molar-refractivity contribution >= 4 is 44.0 Å². The summed E-state index contributed by atoms with van der Waals surface area (Å²) in [6, 6.07) is 4.09. The van der Waals surface area contributed by atoms with Gasteiger partial charge in [-0.15, -0.1) is 12.6 Å². The van der Waals surface area contributed by atoms with Crippen molar-refractivity contribution in [2.45, 2.75) is 9.79 Å². The molecule has 3 nitrogen and oxygen atoms in total. The standard InChI is InChI=1S/C7H3Cl2NO2S2/c8-6-1-4(14(9,11)12)2-7(13)5(6)3-10/h1-2,13H. The summed E-state index contributed by atoms with van der Waals surface area (Å²) >= 11 is 9.57. The van der Waals surface area contributed by atoms with Crippen molar-refractivity contribution in [3.8, 4) is 6.07 Å². The molecule has 14 heavy (non-hydrogen) atoms. The van der Waals surface area contributed by atoms with Crippen LogP contribution in [0.15, 0.2) is 21.9 Å². The van der Waals surface area contributed by atoms with Crippen LogP contribution in [0.5, 0.6) is 0 Å². The Bertz CT molecular complexity index is 496. The fraction of sp³-hybridized carbons (Fsp3) is 0. The van der Waals surface area contributed by atoms with Crippen molar-refractivity contribution in [3.63, 3.8) is 0 Å². The lowest BCUT2D eigenvalue weighted by Crippen LogP contribution is -1.92. The van der Waals surface area contributed by atoms with E-state index in [1.165, 1.54) is 6.07 Å². The van der Waals surface area contributed by atoms with Crippen LogP contribution in [0.2, 0.25) is 5.02 Å². The van der Waals surface area contributed by atoms with E-state index in [9.17, 15) is 8.42 Å². The summed E-state index contributed by atoms with van der Waals surface area (Å²) in [7, 11) is 1.25. The third kappa shape index (κ3) is 2.34. The van der Waals surface area contributed by atoms with Gasteiger partial charge in [0.2, 0.25) is 0 Å². The van der Waals surface area contributed by atoms with Crippen LogP contribution < -0.4 is 0 Å². The Labute approximate surface area is 96.1 Å². The van der Waals surface area contributed by atoms with E-state index in [-0.39, 0.29) is 20.4 Å². The summed E-state index contributed by atoms with van der Waals surface area (Å²) in [5, 5.41) is 8.64. The Hall–Kier alpha value is -0.410. The second-order valence-electron chi connectivity index (χ2n) is 2.35. The molecule has 1 aromatic rings. The van der Waals surface area contributed by atoms with Crippen molar-refractivity contribution in [2.24, 2.45) is 0 Å². The zero-order chi connectivity index (χ0) is 10.9. The monoisotopic (exact) mass is 267 g/mol. The maximum atomic E-state index is 10.9. The highest BCUT2D eigenvalue weighted by atomic mass is 35.7. The maximum Gasteiger partial charge on any atom is 0.261 e. The first-order chi connectivity index (χ1) is 6.36. The molecule has 0 radical (unpaired) electrons. The number of rotatable bonds is 1. The SMILES string of the molecule is N#Cc1c(S)cc(S(=O)(=O)Cl)cc1Cl. The molecular weight excluding hydrogens is 265 g/mol. The fourth-order valence-corrected chi connectivity index (χ4v) is 2.39. The minimum Gasteiger partial charge on any atom is -0.207 e. The van der Waals surface area contributed by atoms with E-state index in [4.69, 9.17) is 27.5 Å². The van der Waals surface area contributed by atoms with E-state index in [0.717, 1.165) is 6.07 Å². The Kier molecular flexibility index (Phi) is 3.32. The number of hydrogen-bond donors (Lipinski definition) is 1. The summed E-state index contributed by atoms with van der Waals surface area (Å²) in [5.74, 6) is 0. The summed E-state index contributed by atoms with van der Waals surface area (Å²) in [5.41, 5.74) is 0.124. The highest BCUT2D eigenvalue weighted by Crippen LogP contribution is 2.28. The molecule has 0 saturated heterocycles. The van der Waals surface area contributed by atoms with Crippen molar-refractivity contribution in [2.75, 3.05) is 0 Å². The fourth-order valence-electron chi connectivity index (χ4n) is 0.819. The molecule has 0 saturated carbocycles. The molecule has 0 atom stereocenters. The molecule has 0 unspecified atom stereocenters. The van der Waals surface area contributed by atoms with E-state index < -0.39 is 9.05 Å². The van der Waals surface area contributed by atoms with Gasteiger partial charge in [0.25, 0.3) is 9.05 Å². The minimum atomic E-state index is -3.84. The second kappa shape index (κ2) is 3.99. The van der Waals surface area contributed by atoms with Crippen LogP contribution in [-0.2, 0) is 9.05 Å². The Morgan fingerprint density at radius 3 is 2.36 bits per heavy atom. The lowest BCUT2D eigenvalue weighted by Gasteiger charge is -2.02. The van der Waals surface area contributed by atoms with Gasteiger partial charge in [0.15, 0.2) is 0 Å². The van der Waals surface area contributed by atoms with E-state index in [2.05, 4.69) is 12.6 Å². The normalized spacial score (nSPS) is 11.0. The molecule has 1 rings (SSSR count). The number of halogens is 2. The number of hydrogen-bond acceptors (Lipinski definition) is 4. The zero-order valence-electron chi connectivity index (χ0n) is 6.53. The van der Waals surface area contributed by atoms with Crippen LogP contribution in [-0.4, -0.2) is 8.42 Å². The van der Waals surface area contributed by atoms with Gasteiger partial charge in [0.05, 0.1) is 15.5 Å². The van der Waals surface area contributed by atoms with Crippen molar-refractivity contribution in [1.82, 2.24) is 0 Å². The molecule has 0 aliphatic heterocycles. The molecule has 0 fully saturated rings. The van der Waals surface area contributed by atoms with Crippen molar-refractivity contribution in [3.05, 3.63) is 22.7 Å². The van der Waals surface area contributed by atoms with E-state index in [0.29, 0.717) is 0 Å². The molecule has 0 aliphatic rings. The summed E-state index contributed by atoms with van der Waals surface area (Å²) in [4.78, 5) is 0.00684. The Balaban J connectivity index is 3.53. The Morgan fingerprint density at radius 1 is 1.43 bits per heavy atom. The predicted octanol–water partition coefficient (Wildman–Crippen LogP) is 2.43. The minimum absolute atomic E-state index is 0.0132. The van der Waals surface area contributed by atoms with Crippen molar-refractivity contribution < 1.29 is 8.42 Å². The van der Waals surface area contributed by atoms with E-state index >= 15 is 0 Å². The number of benzene rings is 1. The van der Waals surface area contributed by atoms with Gasteiger partial charge in [0.1, 0.15) is 6.07 Å². The molecule has 0 aliphatic carbocycles. The topological polar surface area (TPSA) is 57.9 Å². The van der Waals surface area contributed by atoms with Gasteiger partial charge in [-0.2, -0.15) is 5.26 Å². The smallest absolute Gasteiger partial charge is 0.207 e. The van der Waals surface area contributed by atoms with Crippen LogP contribution in [0.3, 0.4) is 0 Å². The van der Waals surface area contributed by atoms with Gasteiger partial charge in [0, 0.05) is 15.6 Å². The van der Waals surface area contributed by atoms with Gasteiger partial charge >= 0.3 is 0 Å². The second-order valence-corrected chi connectivity index (χ2v) is 5.80. The largest absolute Gasteiger partial charge is 0.261 e. The van der Waals surface area contributed by atoms with Crippen LogP contribution in [0, 0.1) is 11.3 Å². The van der Waals surface area contributed by atoms with E-state index in [1.807, 2.05) is 0 Å². The molecule has 1 aromatic carbocycles. The maximum absolute atomic E-state index is 10.9. The highest BCUT2D eigenvalue weighted by Gasteiger charge is 2.14. The molecule has 0 bridgehead atoms. The average molecular weight is 268 g/mol. The number of thiol groups is 1. The predicted molar refractivity (Wildman–Crippen MR) is 56.5 cm³/mol. The van der Waals surface area contributed by atoms with Gasteiger partial charge in [-0.3, -0.25) is 0 Å². The summed E-state index contributed by atoms with van der Waals surface area (Å²) < 4.78 is 21.9. The molecule has 74 valence electrons. The van der Waals surface area contributed by atoms with Gasteiger partial charge in [-0.25, -0.2) is 8.42 Å². The van der Waals surface area contributed by atoms with Crippen LogP contribution in [0.4, 0.5) is 0 Å². The van der Waals surface area contributed by atoms with Gasteiger partial charge in [-0.05, 0) is 12.1 Å². The van der Waals surface area contributed by atoms with Crippen LogP contribution in [0.1, 0.15) is 5.56 Å². The summed E-state index contributed by atoms with van der Waals surface area (Å²) in [6.45, 7) is 0. The first-order valence-corrected chi connectivity index (χ1v) is 6.37. The highest BCUT2D eigenvalue weighted by molar-refractivity contribution is 8.13. The zero-order valence-corrected chi connectivity index (χ0v) is 9.75. The lowest BCUT2D eigenvalue weighted by molar-refractivity contribution is 0.609. The van der Waals surface area contributed by atoms with Gasteiger partial charge in [-0.1, -0.05) is 11.6 Å². The molecule has 0 amide bonds. The average Bonchev–Trinajstić information content (AvgIpc) is 2.01. The number of nitriles is 1. The first kappa shape index (κ1) is 11.7. The number of nitrogens with zero attached hydrogens (tertiary/aromatic N) is 1. The third-order valence-electron chi connectivity index (χ3n) is 1.44. The third-order valence-corrected chi connectivity index (χ3v) is 3.42. The first-order valence-electron chi connectivity index (χ1n) is 3.23. The molecular formula is C7H3Cl2NO2S2. The molecule has 0 aromatic heterocycles. The molecule has 0 heterocycles. The molecule has 7 heteroatoms. The van der Waals surface area contributed by atoms with Gasteiger partial charge < -0.3 is 0 Å². The lowest BCUT2D eigenvalue weighted by atomic mass is 10.2. The van der Waals surface area contributed by atoms with Crippen molar-refractivity contribution in [1.29, 1.82) is 5.26 Å². The summed E-state index contributed by atoms with van der Waals surface area (Å²) in [6.07, 6.45) is 0. The molecule has 0 N–H and O–H groups in total.